The van der Waals surface area contributed by atoms with Crippen LogP contribution in [0.15, 0.2) is 16.7 Å². The normalized spacial score (nSPS) is 11.5. The molecule has 1 heterocycles. The third kappa shape index (κ3) is 3.17. The summed E-state index contributed by atoms with van der Waals surface area (Å²) in [5, 5.41) is 2.89. The number of halogens is 2. The number of alkyl halides is 2. The Balaban J connectivity index is 2.84. The van der Waals surface area contributed by atoms with Gasteiger partial charge in [0.2, 0.25) is 0 Å². The summed E-state index contributed by atoms with van der Waals surface area (Å²) in [4.78, 5) is 12.1. The Labute approximate surface area is 111 Å². The number of furan rings is 1. The summed E-state index contributed by atoms with van der Waals surface area (Å²) in [6, 6.07) is 1.66. The van der Waals surface area contributed by atoms with Crippen LogP contribution in [0.2, 0.25) is 0 Å². The molecule has 0 saturated carbocycles. The average Bonchev–Trinajstić information content (AvgIpc) is 2.84. The van der Waals surface area contributed by atoms with Gasteiger partial charge in [0.15, 0.2) is 0 Å². The highest BCUT2D eigenvalue weighted by Crippen LogP contribution is 2.18. The van der Waals surface area contributed by atoms with E-state index >= 15 is 0 Å². The quantitative estimate of drug-likeness (QED) is 0.812. The Hall–Kier alpha value is -0.670. The summed E-state index contributed by atoms with van der Waals surface area (Å²) in [6.07, 6.45) is 2.88. The van der Waals surface area contributed by atoms with Crippen LogP contribution in [-0.2, 0) is 6.42 Å². The van der Waals surface area contributed by atoms with Crippen molar-refractivity contribution in [3.8, 4) is 0 Å². The molecule has 3 nitrogen and oxygen atoms in total. The summed E-state index contributed by atoms with van der Waals surface area (Å²) >= 11 is 11.8. The zero-order valence-electron chi connectivity index (χ0n) is 10.1. The SMILES string of the molecule is CCc1occc1C(=O)NC(CC)(CCl)CCl. The molecule has 0 radical (unpaired) electrons. The van der Waals surface area contributed by atoms with E-state index in [9.17, 15) is 4.79 Å². The van der Waals surface area contributed by atoms with Gasteiger partial charge in [0.25, 0.3) is 5.91 Å². The van der Waals surface area contributed by atoms with Crippen LogP contribution in [0.3, 0.4) is 0 Å². The molecule has 1 aromatic rings. The monoisotopic (exact) mass is 277 g/mol. The lowest BCUT2D eigenvalue weighted by molar-refractivity contribution is 0.0911. The van der Waals surface area contributed by atoms with Gasteiger partial charge in [-0.25, -0.2) is 0 Å². The number of rotatable bonds is 6. The molecule has 1 rings (SSSR count). The van der Waals surface area contributed by atoms with Crippen LogP contribution in [0.1, 0.15) is 36.4 Å². The molecule has 0 unspecified atom stereocenters. The molecule has 1 amide bonds. The van der Waals surface area contributed by atoms with Crippen molar-refractivity contribution in [1.82, 2.24) is 5.32 Å². The van der Waals surface area contributed by atoms with E-state index in [0.29, 0.717) is 24.2 Å². The van der Waals surface area contributed by atoms with Crippen molar-refractivity contribution in [3.05, 3.63) is 23.7 Å². The van der Waals surface area contributed by atoms with E-state index in [-0.39, 0.29) is 17.7 Å². The average molecular weight is 278 g/mol. The van der Waals surface area contributed by atoms with Gasteiger partial charge in [-0.3, -0.25) is 4.79 Å². The first-order valence-electron chi connectivity index (χ1n) is 5.63. The van der Waals surface area contributed by atoms with Gasteiger partial charge in [0.05, 0.1) is 17.4 Å². The molecule has 0 saturated heterocycles. The number of hydrogen-bond acceptors (Lipinski definition) is 2. The smallest absolute Gasteiger partial charge is 0.255 e. The van der Waals surface area contributed by atoms with Crippen molar-refractivity contribution in [2.75, 3.05) is 11.8 Å². The molecule has 0 atom stereocenters. The van der Waals surface area contributed by atoms with Gasteiger partial charge in [-0.05, 0) is 12.5 Å². The standard InChI is InChI=1S/C12H17Cl2NO2/c1-3-10-9(5-6-17-10)11(16)15-12(4-2,7-13)8-14/h5-6H,3-4,7-8H2,1-2H3,(H,15,16). The van der Waals surface area contributed by atoms with Crippen molar-refractivity contribution in [2.24, 2.45) is 0 Å². The molecule has 1 N–H and O–H groups in total. The first-order valence-corrected chi connectivity index (χ1v) is 6.70. The molecule has 96 valence electrons. The zero-order chi connectivity index (χ0) is 12.9. The van der Waals surface area contributed by atoms with E-state index in [4.69, 9.17) is 27.6 Å². The van der Waals surface area contributed by atoms with Gasteiger partial charge in [-0.1, -0.05) is 13.8 Å². The van der Waals surface area contributed by atoms with E-state index < -0.39 is 5.54 Å². The molecule has 0 aliphatic rings. The molecular weight excluding hydrogens is 261 g/mol. The molecule has 0 aliphatic carbocycles. The molecule has 0 bridgehead atoms. The van der Waals surface area contributed by atoms with E-state index in [1.807, 2.05) is 13.8 Å². The molecule has 0 fully saturated rings. The highest BCUT2D eigenvalue weighted by atomic mass is 35.5. The third-order valence-electron chi connectivity index (χ3n) is 2.88. The maximum Gasteiger partial charge on any atom is 0.255 e. The Morgan fingerprint density at radius 3 is 2.53 bits per heavy atom. The van der Waals surface area contributed by atoms with E-state index in [1.54, 1.807) is 6.07 Å². The van der Waals surface area contributed by atoms with E-state index in [1.165, 1.54) is 6.26 Å². The molecule has 17 heavy (non-hydrogen) atoms. The topological polar surface area (TPSA) is 42.2 Å². The van der Waals surface area contributed by atoms with Gasteiger partial charge in [0, 0.05) is 18.2 Å². The van der Waals surface area contributed by atoms with Crippen LogP contribution in [0.5, 0.6) is 0 Å². The minimum absolute atomic E-state index is 0.182. The van der Waals surface area contributed by atoms with Gasteiger partial charge < -0.3 is 9.73 Å². The highest BCUT2D eigenvalue weighted by Gasteiger charge is 2.29. The lowest BCUT2D eigenvalue weighted by Crippen LogP contribution is -2.51. The number of carbonyl (C=O) groups excluding carboxylic acids is 1. The van der Waals surface area contributed by atoms with Crippen LogP contribution in [-0.4, -0.2) is 23.2 Å². The van der Waals surface area contributed by atoms with Gasteiger partial charge in [0.1, 0.15) is 5.76 Å². The second-order valence-corrected chi connectivity index (χ2v) is 4.50. The number of aryl methyl sites for hydroxylation is 1. The fourth-order valence-corrected chi connectivity index (χ4v) is 2.30. The van der Waals surface area contributed by atoms with Gasteiger partial charge >= 0.3 is 0 Å². The summed E-state index contributed by atoms with van der Waals surface area (Å²) < 4.78 is 5.22. The van der Waals surface area contributed by atoms with Crippen LogP contribution >= 0.6 is 23.2 Å². The lowest BCUT2D eigenvalue weighted by Gasteiger charge is -2.29. The largest absolute Gasteiger partial charge is 0.469 e. The first-order chi connectivity index (χ1) is 8.12. The minimum atomic E-state index is -0.553. The maximum absolute atomic E-state index is 12.1. The molecular formula is C12H17Cl2NO2. The molecule has 5 heteroatoms. The number of nitrogens with one attached hydrogen (secondary N) is 1. The maximum atomic E-state index is 12.1. The Morgan fingerprint density at radius 1 is 1.41 bits per heavy atom. The van der Waals surface area contributed by atoms with Gasteiger partial charge in [-0.15, -0.1) is 23.2 Å². The van der Waals surface area contributed by atoms with Crippen molar-refractivity contribution < 1.29 is 9.21 Å². The van der Waals surface area contributed by atoms with Crippen molar-refractivity contribution >= 4 is 29.1 Å². The van der Waals surface area contributed by atoms with Crippen LogP contribution < -0.4 is 5.32 Å². The fourth-order valence-electron chi connectivity index (χ4n) is 1.50. The molecule has 0 aliphatic heterocycles. The van der Waals surface area contributed by atoms with Crippen LogP contribution in [0, 0.1) is 0 Å². The Bertz CT molecular complexity index is 364. The summed E-state index contributed by atoms with van der Waals surface area (Å²) in [5.74, 6) is 1.08. The first kappa shape index (κ1) is 14.4. The lowest BCUT2D eigenvalue weighted by atomic mass is 10.0. The van der Waals surface area contributed by atoms with Crippen molar-refractivity contribution in [1.29, 1.82) is 0 Å². The Kier molecular flexibility index (Phi) is 5.34. The number of hydrogen-bond donors (Lipinski definition) is 1. The fraction of sp³-hybridized carbons (Fsp3) is 0.583. The Morgan fingerprint density at radius 2 is 2.06 bits per heavy atom. The van der Waals surface area contributed by atoms with Crippen LogP contribution in [0.4, 0.5) is 0 Å². The van der Waals surface area contributed by atoms with E-state index in [2.05, 4.69) is 5.32 Å². The zero-order valence-corrected chi connectivity index (χ0v) is 11.6. The second kappa shape index (κ2) is 6.31. The molecule has 1 aromatic heterocycles. The number of amides is 1. The summed E-state index contributed by atoms with van der Waals surface area (Å²) in [7, 11) is 0. The van der Waals surface area contributed by atoms with Gasteiger partial charge in [-0.2, -0.15) is 0 Å². The van der Waals surface area contributed by atoms with Crippen molar-refractivity contribution in [2.45, 2.75) is 32.2 Å². The molecule has 0 spiro atoms. The highest BCUT2D eigenvalue weighted by molar-refractivity contribution is 6.22. The predicted octanol–water partition coefficient (Wildman–Crippen LogP) is 3.20. The predicted molar refractivity (Wildman–Crippen MR) is 70.0 cm³/mol. The van der Waals surface area contributed by atoms with E-state index in [0.717, 1.165) is 0 Å². The summed E-state index contributed by atoms with van der Waals surface area (Å²) in [5.41, 5.74) is 0.00297. The minimum Gasteiger partial charge on any atom is -0.469 e. The second-order valence-electron chi connectivity index (χ2n) is 3.97. The van der Waals surface area contributed by atoms with Crippen LogP contribution in [0.25, 0.3) is 0 Å². The third-order valence-corrected chi connectivity index (χ3v) is 3.90. The van der Waals surface area contributed by atoms with Crippen molar-refractivity contribution in [3.63, 3.8) is 0 Å². The number of carbonyl (C=O) groups is 1. The summed E-state index contributed by atoms with van der Waals surface area (Å²) in [6.45, 7) is 3.88. The molecule has 0 aromatic carbocycles.